The van der Waals surface area contributed by atoms with Gasteiger partial charge in [0.1, 0.15) is 31.4 Å². The van der Waals surface area contributed by atoms with Gasteiger partial charge >= 0.3 is 59.1 Å². The number of nitrogens with one attached hydrogen (secondary N) is 2. The quantitative estimate of drug-likeness (QED) is 0.0731. The summed E-state index contributed by atoms with van der Waals surface area (Å²) in [5.41, 5.74) is -1.50. The Balaban J connectivity index is 0.00000323. The molecule has 43 heavy (non-hydrogen) atoms. The fourth-order valence-corrected chi connectivity index (χ4v) is 5.11. The van der Waals surface area contributed by atoms with E-state index in [1.807, 2.05) is 0 Å². The van der Waals surface area contributed by atoms with Crippen molar-refractivity contribution in [1.29, 1.82) is 0 Å². The molecule has 1 aliphatic rings. The molecular formula is C23H14N4Na2O10S4. The number of amides is 2. The molecule has 14 nitrogen and oxygen atoms in total. The number of benzene rings is 2. The zero-order valence-electron chi connectivity index (χ0n) is 22.0. The molecule has 0 atom stereocenters. The van der Waals surface area contributed by atoms with Crippen molar-refractivity contribution in [2.24, 2.45) is 0 Å². The van der Waals surface area contributed by atoms with Gasteiger partial charge in [-0.2, -0.15) is 0 Å². The zero-order valence-corrected chi connectivity index (χ0v) is 29.3. The van der Waals surface area contributed by atoms with E-state index in [1.165, 1.54) is 12.1 Å². The van der Waals surface area contributed by atoms with Gasteiger partial charge in [-0.05, 0) is 85.1 Å². The Morgan fingerprint density at radius 3 is 1.79 bits per heavy atom. The molecule has 1 saturated heterocycles. The summed E-state index contributed by atoms with van der Waals surface area (Å²) in [5, 5.41) is 12.7. The van der Waals surface area contributed by atoms with Crippen molar-refractivity contribution < 1.29 is 99.8 Å². The van der Waals surface area contributed by atoms with E-state index < -0.39 is 58.9 Å². The van der Waals surface area contributed by atoms with Gasteiger partial charge < -0.3 is 14.2 Å². The van der Waals surface area contributed by atoms with Crippen LogP contribution >= 0.6 is 24.4 Å². The van der Waals surface area contributed by atoms with Crippen molar-refractivity contribution in [2.45, 2.75) is 9.79 Å². The maximum absolute atomic E-state index is 13.1. The molecule has 212 valence electrons. The molecule has 1 aliphatic heterocycles. The fourth-order valence-electron chi connectivity index (χ4n) is 3.60. The van der Waals surface area contributed by atoms with Gasteiger partial charge in [-0.3, -0.25) is 34.2 Å². The third-order valence-corrected chi connectivity index (χ3v) is 7.78. The summed E-state index contributed by atoms with van der Waals surface area (Å²) < 4.78 is 67.8. The van der Waals surface area contributed by atoms with Crippen molar-refractivity contribution in [3.8, 4) is 11.6 Å². The van der Waals surface area contributed by atoms with Crippen LogP contribution in [-0.2, 0) is 29.8 Å². The smallest absolute Gasteiger partial charge is 0.744 e. The number of carbonyl (C=O) groups is 2. The number of thiocarbonyl (C=S) groups is 1. The number of allylic oxidation sites excluding steroid dienone is 2. The Bertz CT molecular complexity index is 2020. The van der Waals surface area contributed by atoms with Crippen LogP contribution in [0.2, 0.25) is 0 Å². The summed E-state index contributed by atoms with van der Waals surface area (Å²) in [4.78, 5) is 40.2. The van der Waals surface area contributed by atoms with Gasteiger partial charge in [0.15, 0.2) is 9.88 Å². The first-order chi connectivity index (χ1) is 19.1. The van der Waals surface area contributed by atoms with E-state index in [-0.39, 0.29) is 85.9 Å². The van der Waals surface area contributed by atoms with Crippen LogP contribution in [0.3, 0.4) is 0 Å². The Hall–Kier alpha value is -2.33. The standard InChI is InChI=1S/C23H16N4O10S4.2Na/c28-18-16(20(30)26(22(38)24-18)12-4-8-14(9-5-12)40(32,33)34)2-1-3-17-19(29)25-23(39)27(21(17)31)13-6-10-15(11-7-13)41(35,36)37;;/h1-11,30H,(H,24,28,38)(H,25,29,39)(H,32,33,34)(H,35,36,37);;/q;2*+1/p-2. The number of aromatic amines is 1. The molecule has 0 spiro atoms. The monoisotopic (exact) mass is 680 g/mol. The van der Waals surface area contributed by atoms with Crippen molar-refractivity contribution in [2.75, 3.05) is 4.90 Å². The van der Waals surface area contributed by atoms with Crippen LogP contribution in [0.5, 0.6) is 5.88 Å². The minimum Gasteiger partial charge on any atom is -0.744 e. The molecule has 1 fully saturated rings. The van der Waals surface area contributed by atoms with E-state index >= 15 is 0 Å². The number of anilines is 1. The Kier molecular flexibility index (Phi) is 12.2. The third kappa shape index (κ3) is 8.04. The van der Waals surface area contributed by atoms with E-state index in [0.29, 0.717) is 0 Å². The summed E-state index contributed by atoms with van der Waals surface area (Å²) in [6.07, 6.45) is 3.20. The predicted octanol–water partition coefficient (Wildman–Crippen LogP) is -5.20. The molecule has 3 aromatic rings. The fraction of sp³-hybridized carbons (Fsp3) is 0. The Morgan fingerprint density at radius 1 is 0.814 bits per heavy atom. The molecule has 1 aromatic heterocycles. The minimum absolute atomic E-state index is 0. The molecule has 20 heteroatoms. The third-order valence-electron chi connectivity index (χ3n) is 5.52. The maximum atomic E-state index is 13.1. The molecule has 4 rings (SSSR count). The molecule has 0 unspecified atom stereocenters. The largest absolute Gasteiger partial charge is 1.00 e. The number of H-pyrrole nitrogens is 1. The second kappa shape index (κ2) is 14.2. The second-order valence-corrected chi connectivity index (χ2v) is 11.6. The van der Waals surface area contributed by atoms with Crippen LogP contribution < -0.4 is 74.9 Å². The van der Waals surface area contributed by atoms with Gasteiger partial charge in [0, 0.05) is 0 Å². The van der Waals surface area contributed by atoms with Gasteiger partial charge in [0.25, 0.3) is 17.4 Å². The Labute approximate surface area is 298 Å². The number of carbonyl (C=O) groups excluding carboxylic acids is 2. The second-order valence-electron chi connectivity index (χ2n) is 8.07. The van der Waals surface area contributed by atoms with Crippen LogP contribution in [0.4, 0.5) is 5.69 Å². The van der Waals surface area contributed by atoms with E-state index in [9.17, 15) is 45.4 Å². The molecular weight excluding hydrogens is 667 g/mol. The van der Waals surface area contributed by atoms with E-state index in [2.05, 4.69) is 10.3 Å². The number of nitrogens with zero attached hydrogens (tertiary/aromatic N) is 2. The maximum Gasteiger partial charge on any atom is 1.00 e. The van der Waals surface area contributed by atoms with Crippen molar-refractivity contribution >= 4 is 73.4 Å². The van der Waals surface area contributed by atoms with Crippen LogP contribution in [-0.4, -0.2) is 57.5 Å². The van der Waals surface area contributed by atoms with Gasteiger partial charge in [-0.25, -0.2) is 16.8 Å². The molecule has 3 N–H and O–H groups in total. The first-order valence-corrected chi connectivity index (χ1v) is 14.5. The van der Waals surface area contributed by atoms with Gasteiger partial charge in [-0.1, -0.05) is 6.08 Å². The van der Waals surface area contributed by atoms with Crippen molar-refractivity contribution in [1.82, 2.24) is 14.9 Å². The summed E-state index contributed by atoms with van der Waals surface area (Å²) in [5.74, 6) is -2.48. The summed E-state index contributed by atoms with van der Waals surface area (Å²) >= 11 is 10.1. The average Bonchev–Trinajstić information content (AvgIpc) is 2.87. The molecule has 0 saturated carbocycles. The predicted molar refractivity (Wildman–Crippen MR) is 147 cm³/mol. The van der Waals surface area contributed by atoms with Crippen LogP contribution in [0, 0.1) is 4.77 Å². The number of aromatic nitrogens is 2. The van der Waals surface area contributed by atoms with Crippen molar-refractivity contribution in [3.63, 3.8) is 0 Å². The summed E-state index contributed by atoms with van der Waals surface area (Å²) in [6, 6.07) is 8.55. The average molecular weight is 681 g/mol. The van der Waals surface area contributed by atoms with E-state index in [1.54, 1.807) is 0 Å². The molecule has 0 aliphatic carbocycles. The number of aromatic hydroxyl groups is 1. The first kappa shape index (κ1) is 36.9. The van der Waals surface area contributed by atoms with Gasteiger partial charge in [-0.15, -0.1) is 0 Å². The zero-order chi connectivity index (χ0) is 30.3. The molecule has 2 aromatic carbocycles. The van der Waals surface area contributed by atoms with E-state index in [0.717, 1.165) is 64.1 Å². The van der Waals surface area contributed by atoms with Crippen LogP contribution in [0.15, 0.2) is 80.8 Å². The molecule has 0 radical (unpaired) electrons. The van der Waals surface area contributed by atoms with Crippen molar-refractivity contribution in [3.05, 3.63) is 86.9 Å². The minimum atomic E-state index is -4.74. The van der Waals surface area contributed by atoms with Gasteiger partial charge in [0.05, 0.1) is 21.2 Å². The SMILES string of the molecule is O=C1NC(=S)N(c2ccc(S(=O)(=O)[O-])cc2)C(=O)C1=CC=Cc1c(O)n(-c2ccc(S(=O)(=O)[O-])cc2)c(=S)[nH]c1=O.[Na+].[Na+]. The molecule has 0 bridgehead atoms. The Morgan fingerprint density at radius 2 is 1.30 bits per heavy atom. The van der Waals surface area contributed by atoms with E-state index in [4.69, 9.17) is 24.4 Å². The summed E-state index contributed by atoms with van der Waals surface area (Å²) in [7, 11) is -9.48. The van der Waals surface area contributed by atoms with Crippen LogP contribution in [0.25, 0.3) is 11.8 Å². The van der Waals surface area contributed by atoms with Gasteiger partial charge in [0.2, 0.25) is 5.88 Å². The topological polar surface area (TPSA) is 222 Å². The summed E-state index contributed by atoms with van der Waals surface area (Å²) in [6.45, 7) is 0. The van der Waals surface area contributed by atoms with Crippen LogP contribution in [0.1, 0.15) is 5.56 Å². The first-order valence-electron chi connectivity index (χ1n) is 10.9. The number of hydrogen-bond donors (Lipinski definition) is 3. The molecule has 2 amide bonds. The number of hydrogen-bond acceptors (Lipinski definition) is 12. The normalized spacial score (nSPS) is 14.8. The molecule has 2 heterocycles. The number of rotatable bonds is 6.